The Hall–Kier alpha value is -11.2. The molecule has 0 radical (unpaired) electrons. The van der Waals surface area contributed by atoms with Crippen LogP contribution in [0.4, 0.5) is 0 Å². The van der Waals surface area contributed by atoms with Crippen LogP contribution in [0.25, 0.3) is 21.9 Å². The van der Waals surface area contributed by atoms with E-state index in [0.29, 0.717) is 12.8 Å². The number of nitrogens with zero attached hydrogens (tertiary/aromatic N) is 2. The van der Waals surface area contributed by atoms with Crippen molar-refractivity contribution < 1.29 is 92.0 Å². The lowest BCUT2D eigenvalue weighted by Crippen LogP contribution is -2.66. The van der Waals surface area contributed by atoms with E-state index in [1.807, 2.05) is 47.0 Å². The van der Waals surface area contributed by atoms with Gasteiger partial charge >= 0.3 is 17.9 Å². The first-order valence-electron chi connectivity index (χ1n) is 33.6. The molecule has 4 aromatic carbocycles. The Balaban J connectivity index is 1.26. The van der Waals surface area contributed by atoms with Crippen LogP contribution in [0, 0.1) is 11.8 Å². The van der Waals surface area contributed by atoms with E-state index in [-0.39, 0.29) is 57.0 Å². The van der Waals surface area contributed by atoms with E-state index in [4.69, 9.17) is 22.3 Å². The molecular weight excluding hydrogens is 1340 g/mol. The van der Waals surface area contributed by atoms with Gasteiger partial charge in [-0.3, -0.25) is 71.9 Å². The van der Waals surface area contributed by atoms with Crippen molar-refractivity contribution in [1.29, 1.82) is 0 Å². The number of aliphatic carboxylic acids is 3. The van der Waals surface area contributed by atoms with Crippen molar-refractivity contribution in [1.82, 2.24) is 57.7 Å². The van der Waals surface area contributed by atoms with E-state index < -0.39 is 199 Å². The monoisotopic (exact) mass is 1430 g/mol. The Kier molecular flexibility index (Phi) is 29.8. The predicted octanol–water partition coefficient (Wildman–Crippen LogP) is -2.00. The summed E-state index contributed by atoms with van der Waals surface area (Å²) in [5, 5.41) is 52.3. The summed E-state index contributed by atoms with van der Waals surface area (Å²) in [6.07, 6.45) is -0.951. The fourth-order valence-electron chi connectivity index (χ4n) is 12.0. The van der Waals surface area contributed by atoms with Crippen LogP contribution in [0.2, 0.25) is 0 Å². The lowest BCUT2D eigenvalue weighted by Gasteiger charge is -2.39. The van der Waals surface area contributed by atoms with Crippen LogP contribution in [-0.4, -0.2) is 213 Å². The van der Waals surface area contributed by atoms with Crippen LogP contribution < -0.4 is 65.1 Å². The number of likely N-dealkylation sites (tertiary alicyclic amines) is 2. The van der Waals surface area contributed by atoms with Gasteiger partial charge in [0.05, 0.1) is 50.4 Å². The number of rotatable bonds is 36. The summed E-state index contributed by atoms with van der Waals surface area (Å²) in [6.45, 7) is 5.27. The van der Waals surface area contributed by atoms with Gasteiger partial charge in [0, 0.05) is 24.7 Å². The van der Waals surface area contributed by atoms with E-state index in [1.54, 1.807) is 26.0 Å². The minimum Gasteiger partial charge on any atom is -0.481 e. The molecule has 0 saturated carbocycles. The van der Waals surface area contributed by atoms with Crippen molar-refractivity contribution in [2.24, 2.45) is 29.0 Å². The van der Waals surface area contributed by atoms with Gasteiger partial charge in [-0.25, -0.2) is 0 Å². The van der Waals surface area contributed by atoms with Crippen molar-refractivity contribution in [3.8, 4) is 11.1 Å². The number of carbonyl (C=O) groups excluding carboxylic acids is 13. The number of aldehydes is 1. The number of carboxylic acids is 3. The van der Waals surface area contributed by atoms with E-state index in [2.05, 4.69) is 67.5 Å². The van der Waals surface area contributed by atoms with Crippen molar-refractivity contribution in [2.75, 3.05) is 26.2 Å². The maximum absolute atomic E-state index is 15.4. The van der Waals surface area contributed by atoms with Gasteiger partial charge in [0.15, 0.2) is 0 Å². The molecule has 2 fully saturated rings. The van der Waals surface area contributed by atoms with Crippen molar-refractivity contribution >= 4 is 106 Å². The second-order valence-electron chi connectivity index (χ2n) is 25.9. The van der Waals surface area contributed by atoms with Crippen LogP contribution >= 0.6 is 0 Å². The summed E-state index contributed by atoms with van der Waals surface area (Å²) >= 11 is 0. The van der Waals surface area contributed by atoms with Gasteiger partial charge in [-0.05, 0) is 123 Å². The highest BCUT2D eigenvalue weighted by Gasteiger charge is 2.45. The van der Waals surface area contributed by atoms with Crippen molar-refractivity contribution in [3.63, 3.8) is 0 Å². The molecule has 2 heterocycles. The van der Waals surface area contributed by atoms with Gasteiger partial charge < -0.3 is 95.0 Å². The number of aryl methyl sites for hydroxylation is 2. The number of benzene rings is 4. The largest absolute Gasteiger partial charge is 0.481 e. The lowest BCUT2D eigenvalue weighted by atomic mass is 9.96. The van der Waals surface area contributed by atoms with Gasteiger partial charge in [0.1, 0.15) is 54.6 Å². The normalized spacial score (nSPS) is 17.1. The van der Waals surface area contributed by atoms with Crippen molar-refractivity contribution in [3.05, 3.63) is 108 Å². The highest BCUT2D eigenvalue weighted by Crippen LogP contribution is 2.27. The van der Waals surface area contributed by atoms with Crippen LogP contribution in [0.15, 0.2) is 91.0 Å². The first kappa shape index (κ1) is 80.8. The van der Waals surface area contributed by atoms with Gasteiger partial charge in [0.2, 0.25) is 65.0 Å². The third-order valence-corrected chi connectivity index (χ3v) is 17.7. The molecule has 554 valence electrons. The Bertz CT molecular complexity index is 3820. The van der Waals surface area contributed by atoms with Crippen LogP contribution in [0.1, 0.15) is 107 Å². The minimum absolute atomic E-state index is 0.00102. The van der Waals surface area contributed by atoms with E-state index in [9.17, 15) is 82.1 Å². The molecule has 103 heavy (non-hydrogen) atoms. The molecular formula is C70H90N14O19. The summed E-state index contributed by atoms with van der Waals surface area (Å²) in [7, 11) is 0. The van der Waals surface area contributed by atoms with Gasteiger partial charge in [-0.1, -0.05) is 86.6 Å². The second-order valence-corrected chi connectivity index (χ2v) is 25.9. The lowest BCUT2D eigenvalue weighted by molar-refractivity contribution is -0.149. The molecule has 2 aliphatic heterocycles. The first-order valence-corrected chi connectivity index (χ1v) is 33.6. The fraction of sp³-hybridized carbons (Fsp3) is 0.457. The van der Waals surface area contributed by atoms with Crippen LogP contribution in [0.3, 0.4) is 0 Å². The summed E-state index contributed by atoms with van der Waals surface area (Å²) in [5.41, 5.74) is 21.3. The fourth-order valence-corrected chi connectivity index (χ4v) is 12.0. The number of amides is 12. The Labute approximate surface area is 592 Å². The number of nitrogens with two attached hydrogens (primary N) is 3. The number of hydrogen-bond acceptors (Lipinski definition) is 18. The maximum Gasteiger partial charge on any atom is 0.308 e. The molecule has 4 aromatic rings. The minimum atomic E-state index is -2.14. The van der Waals surface area contributed by atoms with Crippen LogP contribution in [-0.2, 0) is 84.8 Å². The highest BCUT2D eigenvalue weighted by atomic mass is 16.4. The molecule has 18 N–H and O–H groups in total. The molecule has 0 aromatic heterocycles. The molecule has 12 amide bonds. The Morgan fingerprint density at radius 1 is 0.534 bits per heavy atom. The van der Waals surface area contributed by atoms with Crippen molar-refractivity contribution in [2.45, 2.75) is 165 Å². The third-order valence-electron chi connectivity index (χ3n) is 17.7. The molecule has 33 nitrogen and oxygen atoms in total. The standard InChI is InChI=1S/C70H90N14O19/c1-36(2)57(80-67(99)59(38(4)72)79-53(87)33-71)68(100)84-27-11-15-51(84)64(96)75-39(5)60(82-63(95)48(31-52(73)86)77-61(93)43-21-18-40(19-22-43)16-17-41-20-23-46-29-45(25-24-44(46)28-41)42-12-7-6-8-13-42)69(101)83-26-10-9-14-50(83)65(97)81-58(37(3)70(102)103)66(98)78-49(32-56(91)92)62(94)74-34-54(88)76-47(35-85)30-55(89)90/h6-8,12-13,18-25,28-29,35-39,47-51,57-60H,9-11,14-17,26-27,30-34,71-72H2,1-5H3,(H2,73,86)(H,74,94)(H,75,96)(H,76,88)(H,77,93)(H,78,98)(H,79,87)(H,80,99)(H,81,97)(H,82,95)(H,89,90)(H,91,92)(H,102,103)/t37?,38?,39-,47?,48+,49+,50-,51+,57+,58+,59-,60?/m1/s1. The Morgan fingerprint density at radius 3 is 1.70 bits per heavy atom. The summed E-state index contributed by atoms with van der Waals surface area (Å²) < 4.78 is 0. The summed E-state index contributed by atoms with van der Waals surface area (Å²) in [5.74, 6) is -19.6. The number of fused-ring (bicyclic) bond motifs is 1. The molecule has 2 saturated heterocycles. The molecule has 4 unspecified atom stereocenters. The SMILES string of the molecule is CC(C)[C@H](NC(=O)[C@H](NC(=O)CN)C(C)N)C(=O)N1CCC[C@H]1C(=O)N[C@H](C)C(NC(=O)[C@H](CC(N)=O)NC(=O)c1ccc(CCc2ccc3cc(-c4ccccc4)ccc3c2)cc1)C(=O)N1CCCC[C@@H]1C(=O)N[C@H](C(=O)N[C@@H](CC(=O)O)C(=O)NCC(=O)NC(C=O)CC(=O)O)C(C)C(=O)O. The number of carbonyl (C=O) groups is 16. The average molecular weight is 1430 g/mol. The number of hydrogen-bond donors (Lipinski definition) is 15. The number of piperidine rings is 1. The van der Waals surface area contributed by atoms with Gasteiger partial charge in [0.25, 0.3) is 5.91 Å². The van der Waals surface area contributed by atoms with E-state index >= 15 is 4.79 Å². The van der Waals surface area contributed by atoms with E-state index in [1.165, 1.54) is 30.9 Å². The number of nitrogens with one attached hydrogen (secondary N) is 9. The van der Waals surface area contributed by atoms with E-state index in [0.717, 1.165) is 44.8 Å². The Morgan fingerprint density at radius 2 is 1.10 bits per heavy atom. The van der Waals surface area contributed by atoms with Crippen LogP contribution in [0.5, 0.6) is 0 Å². The smallest absolute Gasteiger partial charge is 0.308 e. The number of carboxylic acid groups (broad SMARTS) is 3. The predicted molar refractivity (Wildman–Crippen MR) is 369 cm³/mol. The second kappa shape index (κ2) is 38.0. The summed E-state index contributed by atoms with van der Waals surface area (Å²) in [4.78, 5) is 216. The zero-order valence-corrected chi connectivity index (χ0v) is 57.6. The number of primary amides is 1. The first-order chi connectivity index (χ1) is 48.8. The quantitative estimate of drug-likeness (QED) is 0.0219. The average Bonchev–Trinajstić information content (AvgIpc) is 1.72. The third kappa shape index (κ3) is 23.2. The van der Waals surface area contributed by atoms with Gasteiger partial charge in [-0.2, -0.15) is 0 Å². The molecule has 2 aliphatic rings. The molecule has 0 spiro atoms. The molecule has 33 heteroatoms. The van der Waals surface area contributed by atoms with Gasteiger partial charge in [-0.15, -0.1) is 0 Å². The zero-order chi connectivity index (χ0) is 75.9. The summed E-state index contributed by atoms with van der Waals surface area (Å²) in [6, 6.07) is 11.5. The maximum atomic E-state index is 15.4. The zero-order valence-electron chi connectivity index (χ0n) is 57.6. The molecule has 6 rings (SSSR count). The molecule has 12 atom stereocenters. The topological polar surface area (TPSA) is 527 Å². The molecule has 0 bridgehead atoms. The highest BCUT2D eigenvalue weighted by molar-refractivity contribution is 6.02. The molecule has 0 aliphatic carbocycles.